The first kappa shape index (κ1) is 24.3. The first-order chi connectivity index (χ1) is 15.9. The summed E-state index contributed by atoms with van der Waals surface area (Å²) in [5, 5.41) is 0. The number of rotatable bonds is 4. The van der Waals surface area contributed by atoms with Gasteiger partial charge >= 0.3 is 12.1 Å². The Morgan fingerprint density at radius 1 is 1.12 bits per heavy atom. The summed E-state index contributed by atoms with van der Waals surface area (Å²) in [6.07, 6.45) is -4.38. The highest BCUT2D eigenvalue weighted by Gasteiger charge is 2.37. The van der Waals surface area contributed by atoms with Crippen molar-refractivity contribution >= 4 is 21.8 Å². The predicted molar refractivity (Wildman–Crippen MR) is 112 cm³/mol. The van der Waals surface area contributed by atoms with Crippen LogP contribution in [-0.2, 0) is 21.0 Å². The Hall–Kier alpha value is -2.79. The maximum absolute atomic E-state index is 14.2. The van der Waals surface area contributed by atoms with E-state index in [4.69, 9.17) is 4.74 Å². The number of esters is 1. The Morgan fingerprint density at radius 2 is 1.79 bits per heavy atom. The van der Waals surface area contributed by atoms with Crippen LogP contribution in [-0.4, -0.2) is 37.6 Å². The lowest BCUT2D eigenvalue weighted by Crippen LogP contribution is -2.41. The van der Waals surface area contributed by atoms with Gasteiger partial charge in [0.15, 0.2) is 5.78 Å². The van der Waals surface area contributed by atoms with Crippen molar-refractivity contribution in [2.24, 2.45) is 5.92 Å². The van der Waals surface area contributed by atoms with E-state index in [1.807, 2.05) is 0 Å². The smallest absolute Gasteiger partial charge is 0.416 e. The highest BCUT2D eigenvalue weighted by atomic mass is 32.2. The van der Waals surface area contributed by atoms with Gasteiger partial charge in [-0.25, -0.2) is 12.8 Å². The minimum Gasteiger partial charge on any atom is -0.426 e. The standard InChI is InChI=1S/C23H21F4NO5S/c1-13-11-18(29)21-19(6-5-17(24)20(13)21)33-22(30)14-7-9-28(10-8-14)34(31,32)16-4-2-3-15(12-16)23(25,26)27/h2-6,12-14H,7-11H2,1H3. The molecular weight excluding hydrogens is 478 g/mol. The molecule has 1 fully saturated rings. The quantitative estimate of drug-likeness (QED) is 0.351. The van der Waals surface area contributed by atoms with E-state index in [0.717, 1.165) is 28.6 Å². The third-order valence-corrected chi connectivity index (χ3v) is 8.11. The number of carbonyl (C=O) groups is 2. The average Bonchev–Trinajstić information content (AvgIpc) is 3.10. The Bertz CT molecular complexity index is 1250. The number of alkyl halides is 3. The number of ether oxygens (including phenoxy) is 1. The number of hydrogen-bond donors (Lipinski definition) is 0. The van der Waals surface area contributed by atoms with Crippen LogP contribution >= 0.6 is 0 Å². The summed E-state index contributed by atoms with van der Waals surface area (Å²) in [5.41, 5.74) is -0.787. The molecular formula is C23H21F4NO5S. The molecule has 6 nitrogen and oxygen atoms in total. The number of piperidine rings is 1. The van der Waals surface area contributed by atoms with E-state index in [1.54, 1.807) is 6.92 Å². The fourth-order valence-corrected chi connectivity index (χ4v) is 5.93. The van der Waals surface area contributed by atoms with Crippen molar-refractivity contribution in [3.8, 4) is 5.75 Å². The first-order valence-electron chi connectivity index (χ1n) is 10.6. The van der Waals surface area contributed by atoms with Crippen molar-refractivity contribution in [1.29, 1.82) is 0 Å². The van der Waals surface area contributed by atoms with Gasteiger partial charge < -0.3 is 4.74 Å². The summed E-state index contributed by atoms with van der Waals surface area (Å²) in [7, 11) is -4.18. The Kier molecular flexibility index (Phi) is 6.28. The maximum atomic E-state index is 14.2. The lowest BCUT2D eigenvalue weighted by atomic mass is 9.98. The Labute approximate surface area is 193 Å². The third kappa shape index (κ3) is 4.46. The number of ketones is 1. The zero-order chi connectivity index (χ0) is 24.8. The molecule has 182 valence electrons. The van der Waals surface area contributed by atoms with Gasteiger partial charge in [-0.15, -0.1) is 0 Å². The normalized spacial score (nSPS) is 19.8. The zero-order valence-corrected chi connectivity index (χ0v) is 18.9. The molecule has 0 N–H and O–H groups in total. The van der Waals surface area contributed by atoms with Gasteiger partial charge in [0.1, 0.15) is 11.6 Å². The van der Waals surface area contributed by atoms with Crippen LogP contribution in [0.3, 0.4) is 0 Å². The van der Waals surface area contributed by atoms with Crippen molar-refractivity contribution < 1.29 is 40.3 Å². The van der Waals surface area contributed by atoms with E-state index < -0.39 is 44.4 Å². The molecule has 0 radical (unpaired) electrons. The van der Waals surface area contributed by atoms with Crippen LogP contribution in [0.4, 0.5) is 17.6 Å². The van der Waals surface area contributed by atoms with Gasteiger partial charge in [0.2, 0.25) is 10.0 Å². The number of halogens is 4. The monoisotopic (exact) mass is 499 g/mol. The number of sulfonamides is 1. The maximum Gasteiger partial charge on any atom is 0.416 e. The highest BCUT2D eigenvalue weighted by Crippen LogP contribution is 2.40. The summed E-state index contributed by atoms with van der Waals surface area (Å²) in [5.74, 6) is -2.55. The summed E-state index contributed by atoms with van der Waals surface area (Å²) in [6.45, 7) is 1.53. The van der Waals surface area contributed by atoms with Gasteiger partial charge in [0.05, 0.1) is 21.9 Å². The minimum absolute atomic E-state index is 0.0187. The molecule has 0 saturated carbocycles. The molecule has 1 heterocycles. The van der Waals surface area contributed by atoms with Gasteiger partial charge in [-0.1, -0.05) is 13.0 Å². The van der Waals surface area contributed by atoms with Crippen LogP contribution in [0.1, 0.15) is 53.6 Å². The molecule has 2 aliphatic rings. The molecule has 0 spiro atoms. The minimum atomic E-state index is -4.68. The number of nitrogens with zero attached hydrogens (tertiary/aromatic N) is 1. The Morgan fingerprint density at radius 3 is 2.44 bits per heavy atom. The van der Waals surface area contributed by atoms with Crippen molar-refractivity contribution in [1.82, 2.24) is 4.31 Å². The summed E-state index contributed by atoms with van der Waals surface area (Å²) in [6, 6.07) is 5.87. The van der Waals surface area contributed by atoms with Gasteiger partial charge in [0, 0.05) is 25.1 Å². The predicted octanol–water partition coefficient (Wildman–Crippen LogP) is 4.54. The number of hydrogen-bond acceptors (Lipinski definition) is 5. The SMILES string of the molecule is CC1CC(=O)c2c(OC(=O)C3CCN(S(=O)(=O)c4cccc(C(F)(F)F)c4)CC3)ccc(F)c21. The molecule has 0 bridgehead atoms. The molecule has 11 heteroatoms. The highest BCUT2D eigenvalue weighted by molar-refractivity contribution is 7.89. The van der Waals surface area contributed by atoms with E-state index in [-0.39, 0.29) is 60.9 Å². The topological polar surface area (TPSA) is 80.8 Å². The largest absolute Gasteiger partial charge is 0.426 e. The van der Waals surface area contributed by atoms with Gasteiger partial charge in [-0.3, -0.25) is 9.59 Å². The fraction of sp³-hybridized carbons (Fsp3) is 0.391. The average molecular weight is 499 g/mol. The third-order valence-electron chi connectivity index (χ3n) is 6.21. The van der Waals surface area contributed by atoms with Crippen molar-refractivity contribution in [3.05, 3.63) is 58.9 Å². The second-order valence-electron chi connectivity index (χ2n) is 8.49. The molecule has 2 aromatic rings. The summed E-state index contributed by atoms with van der Waals surface area (Å²) >= 11 is 0. The Balaban J connectivity index is 1.45. The number of benzene rings is 2. The lowest BCUT2D eigenvalue weighted by Gasteiger charge is -2.30. The second kappa shape index (κ2) is 8.77. The van der Waals surface area contributed by atoms with Crippen LogP contribution in [0.25, 0.3) is 0 Å². The van der Waals surface area contributed by atoms with Crippen LogP contribution in [0.15, 0.2) is 41.3 Å². The van der Waals surface area contributed by atoms with Crippen LogP contribution < -0.4 is 4.74 Å². The molecule has 1 aliphatic heterocycles. The van der Waals surface area contributed by atoms with Crippen LogP contribution in [0.5, 0.6) is 5.75 Å². The summed E-state index contributed by atoms with van der Waals surface area (Å²) < 4.78 is 85.2. The van der Waals surface area contributed by atoms with Crippen molar-refractivity contribution in [3.63, 3.8) is 0 Å². The van der Waals surface area contributed by atoms with Crippen LogP contribution in [0, 0.1) is 11.7 Å². The number of carbonyl (C=O) groups excluding carboxylic acids is 2. The van der Waals surface area contributed by atoms with E-state index in [0.29, 0.717) is 6.07 Å². The van der Waals surface area contributed by atoms with Crippen molar-refractivity contribution in [2.45, 2.75) is 43.2 Å². The fourth-order valence-electron chi connectivity index (χ4n) is 4.42. The summed E-state index contributed by atoms with van der Waals surface area (Å²) in [4.78, 5) is 24.5. The number of fused-ring (bicyclic) bond motifs is 1. The van der Waals surface area contributed by atoms with E-state index in [2.05, 4.69) is 0 Å². The molecule has 0 aromatic heterocycles. The second-order valence-corrected chi connectivity index (χ2v) is 10.4. The molecule has 1 saturated heterocycles. The van der Waals surface area contributed by atoms with Gasteiger partial charge in [0.25, 0.3) is 0 Å². The van der Waals surface area contributed by atoms with E-state index >= 15 is 0 Å². The van der Waals surface area contributed by atoms with E-state index in [9.17, 15) is 35.6 Å². The molecule has 1 aliphatic carbocycles. The molecule has 1 atom stereocenters. The van der Waals surface area contributed by atoms with Crippen LogP contribution in [0.2, 0.25) is 0 Å². The zero-order valence-electron chi connectivity index (χ0n) is 18.1. The molecule has 2 aromatic carbocycles. The molecule has 1 unspecified atom stereocenters. The molecule has 34 heavy (non-hydrogen) atoms. The van der Waals surface area contributed by atoms with Gasteiger partial charge in [-0.2, -0.15) is 17.5 Å². The molecule has 0 amide bonds. The number of Topliss-reactive ketones (excluding diaryl/α,β-unsaturated/α-hetero) is 1. The molecule has 4 rings (SSSR count). The van der Waals surface area contributed by atoms with E-state index in [1.165, 1.54) is 6.07 Å². The van der Waals surface area contributed by atoms with Crippen molar-refractivity contribution in [2.75, 3.05) is 13.1 Å². The first-order valence-corrected chi connectivity index (χ1v) is 12.1. The van der Waals surface area contributed by atoms with Gasteiger partial charge in [-0.05, 0) is 49.1 Å². The lowest BCUT2D eigenvalue weighted by molar-refractivity contribution is -0.140.